The molecule has 0 radical (unpaired) electrons. The number of benzene rings is 1. The van der Waals surface area contributed by atoms with E-state index in [0.717, 1.165) is 6.54 Å². The minimum atomic E-state index is 0.526. The molecule has 2 rings (SSSR count). The number of nitrogens with zero attached hydrogens (tertiary/aromatic N) is 1. The van der Waals surface area contributed by atoms with E-state index < -0.39 is 0 Å². The Balaban J connectivity index is 2.20. The molecule has 2 atom stereocenters. The van der Waals surface area contributed by atoms with E-state index in [0.29, 0.717) is 12.1 Å². The molecule has 19 heavy (non-hydrogen) atoms. The number of nitrogens with one attached hydrogen (secondary N) is 1. The molecule has 106 valence electrons. The second-order valence-corrected chi connectivity index (χ2v) is 5.98. The number of likely N-dealkylation sites (N-methyl/N-ethyl adjacent to an activating group) is 1. The fourth-order valence-electron chi connectivity index (χ4n) is 3.38. The molecule has 1 fully saturated rings. The molecule has 1 heterocycles. The smallest absolute Gasteiger partial charge is 0.0326 e. The Labute approximate surface area is 118 Å². The first-order valence-corrected chi connectivity index (χ1v) is 7.61. The molecule has 1 aromatic carbocycles. The maximum Gasteiger partial charge on any atom is 0.0326 e. The minimum absolute atomic E-state index is 0.526. The van der Waals surface area contributed by atoms with Gasteiger partial charge in [-0.3, -0.25) is 4.90 Å². The average Bonchev–Trinajstić information content (AvgIpc) is 2.42. The van der Waals surface area contributed by atoms with E-state index in [1.165, 1.54) is 42.5 Å². The topological polar surface area (TPSA) is 15.3 Å². The van der Waals surface area contributed by atoms with Crippen LogP contribution in [0.3, 0.4) is 0 Å². The predicted octanol–water partition coefficient (Wildman–Crippen LogP) is 3.44. The zero-order valence-corrected chi connectivity index (χ0v) is 12.9. The Morgan fingerprint density at radius 3 is 2.84 bits per heavy atom. The summed E-state index contributed by atoms with van der Waals surface area (Å²) in [4.78, 5) is 2.70. The number of hydrogen-bond acceptors (Lipinski definition) is 2. The van der Waals surface area contributed by atoms with Gasteiger partial charge in [0.25, 0.3) is 0 Å². The molecule has 1 aromatic rings. The Hall–Kier alpha value is -0.860. The van der Waals surface area contributed by atoms with E-state index in [2.05, 4.69) is 56.2 Å². The van der Waals surface area contributed by atoms with Gasteiger partial charge in [-0.1, -0.05) is 30.2 Å². The third-order valence-corrected chi connectivity index (χ3v) is 4.49. The standard InChI is InChI=1S/C17H28N2/c1-13-8-9-14(2)17(11-13)15(3)19-10-6-5-7-16(19)12-18-4/h8-9,11,15-16,18H,5-7,10,12H2,1-4H3. The summed E-state index contributed by atoms with van der Waals surface area (Å²) in [7, 11) is 2.06. The molecule has 2 heteroatoms. The van der Waals surface area contributed by atoms with Gasteiger partial charge in [0.15, 0.2) is 0 Å². The summed E-state index contributed by atoms with van der Waals surface area (Å²) in [5, 5.41) is 3.36. The fraction of sp³-hybridized carbons (Fsp3) is 0.647. The Morgan fingerprint density at radius 1 is 1.32 bits per heavy atom. The van der Waals surface area contributed by atoms with Gasteiger partial charge in [0.2, 0.25) is 0 Å². The lowest BCUT2D eigenvalue weighted by molar-refractivity contribution is 0.103. The predicted molar refractivity (Wildman–Crippen MR) is 82.6 cm³/mol. The summed E-state index contributed by atoms with van der Waals surface area (Å²) in [6, 6.07) is 8.06. The number of likely N-dealkylation sites (tertiary alicyclic amines) is 1. The van der Waals surface area contributed by atoms with E-state index >= 15 is 0 Å². The quantitative estimate of drug-likeness (QED) is 0.892. The second kappa shape index (κ2) is 6.53. The van der Waals surface area contributed by atoms with Crippen molar-refractivity contribution < 1.29 is 0 Å². The van der Waals surface area contributed by atoms with Crippen LogP contribution in [-0.2, 0) is 0 Å². The van der Waals surface area contributed by atoms with E-state index in [4.69, 9.17) is 0 Å². The first-order valence-electron chi connectivity index (χ1n) is 7.61. The van der Waals surface area contributed by atoms with Gasteiger partial charge in [-0.05, 0) is 58.3 Å². The van der Waals surface area contributed by atoms with Crippen LogP contribution < -0.4 is 5.32 Å². The van der Waals surface area contributed by atoms with Crippen LogP contribution in [0.5, 0.6) is 0 Å². The van der Waals surface area contributed by atoms with Gasteiger partial charge in [0.1, 0.15) is 0 Å². The molecular formula is C17H28N2. The Bertz CT molecular complexity index is 412. The number of aryl methyl sites for hydroxylation is 2. The van der Waals surface area contributed by atoms with Crippen LogP contribution in [0.1, 0.15) is 48.9 Å². The highest BCUT2D eigenvalue weighted by Crippen LogP contribution is 2.30. The molecule has 0 bridgehead atoms. The summed E-state index contributed by atoms with van der Waals surface area (Å²) in [5.41, 5.74) is 4.30. The maximum absolute atomic E-state index is 3.36. The van der Waals surface area contributed by atoms with Crippen molar-refractivity contribution in [2.75, 3.05) is 20.1 Å². The van der Waals surface area contributed by atoms with Crippen LogP contribution in [-0.4, -0.2) is 31.1 Å². The zero-order chi connectivity index (χ0) is 13.8. The second-order valence-electron chi connectivity index (χ2n) is 5.98. The highest BCUT2D eigenvalue weighted by molar-refractivity contribution is 5.32. The highest BCUT2D eigenvalue weighted by atomic mass is 15.2. The SMILES string of the molecule is CNCC1CCCCN1C(C)c1cc(C)ccc1C. The normalized spacial score (nSPS) is 22.4. The monoisotopic (exact) mass is 260 g/mol. The van der Waals surface area contributed by atoms with Crippen molar-refractivity contribution in [1.29, 1.82) is 0 Å². The average molecular weight is 260 g/mol. The van der Waals surface area contributed by atoms with Crippen LogP contribution in [0.4, 0.5) is 0 Å². The van der Waals surface area contributed by atoms with Gasteiger partial charge in [0.05, 0.1) is 0 Å². The lowest BCUT2D eigenvalue weighted by Crippen LogP contribution is -2.46. The maximum atomic E-state index is 3.36. The first-order chi connectivity index (χ1) is 9.13. The number of rotatable bonds is 4. The van der Waals surface area contributed by atoms with E-state index in [9.17, 15) is 0 Å². The minimum Gasteiger partial charge on any atom is -0.318 e. The molecule has 2 nitrogen and oxygen atoms in total. The van der Waals surface area contributed by atoms with Gasteiger partial charge in [-0.2, -0.15) is 0 Å². The van der Waals surface area contributed by atoms with Gasteiger partial charge in [-0.25, -0.2) is 0 Å². The molecule has 0 spiro atoms. The van der Waals surface area contributed by atoms with Crippen LogP contribution in [0.15, 0.2) is 18.2 Å². The van der Waals surface area contributed by atoms with Crippen LogP contribution in [0.25, 0.3) is 0 Å². The summed E-state index contributed by atoms with van der Waals surface area (Å²) < 4.78 is 0. The summed E-state index contributed by atoms with van der Waals surface area (Å²) >= 11 is 0. The van der Waals surface area contributed by atoms with Gasteiger partial charge >= 0.3 is 0 Å². The van der Waals surface area contributed by atoms with Gasteiger partial charge in [0, 0.05) is 18.6 Å². The molecule has 0 aromatic heterocycles. The number of piperidine rings is 1. The third-order valence-electron chi connectivity index (χ3n) is 4.49. The van der Waals surface area contributed by atoms with Crippen molar-refractivity contribution in [1.82, 2.24) is 10.2 Å². The van der Waals surface area contributed by atoms with Gasteiger partial charge in [-0.15, -0.1) is 0 Å². The third kappa shape index (κ3) is 3.37. The number of hydrogen-bond donors (Lipinski definition) is 1. The highest BCUT2D eigenvalue weighted by Gasteiger charge is 2.27. The summed E-state index contributed by atoms with van der Waals surface area (Å²) in [6.07, 6.45) is 4.05. The van der Waals surface area contributed by atoms with Crippen molar-refractivity contribution in [2.24, 2.45) is 0 Å². The van der Waals surface area contributed by atoms with Gasteiger partial charge < -0.3 is 5.32 Å². The Morgan fingerprint density at radius 2 is 2.11 bits per heavy atom. The van der Waals surface area contributed by atoms with E-state index in [-0.39, 0.29) is 0 Å². The molecule has 1 aliphatic heterocycles. The fourth-order valence-corrected chi connectivity index (χ4v) is 3.38. The van der Waals surface area contributed by atoms with Crippen LogP contribution >= 0.6 is 0 Å². The summed E-state index contributed by atoms with van der Waals surface area (Å²) in [5.74, 6) is 0. The lowest BCUT2D eigenvalue weighted by Gasteiger charge is -2.40. The largest absolute Gasteiger partial charge is 0.318 e. The molecule has 0 amide bonds. The van der Waals surface area contributed by atoms with E-state index in [1.807, 2.05) is 0 Å². The van der Waals surface area contributed by atoms with Crippen LogP contribution in [0.2, 0.25) is 0 Å². The van der Waals surface area contributed by atoms with Crippen molar-refractivity contribution in [3.05, 3.63) is 34.9 Å². The molecule has 1 aliphatic rings. The lowest BCUT2D eigenvalue weighted by atomic mass is 9.94. The van der Waals surface area contributed by atoms with Crippen LogP contribution in [0, 0.1) is 13.8 Å². The Kier molecular flexibility index (Phi) is 5.00. The van der Waals surface area contributed by atoms with Crippen molar-refractivity contribution in [2.45, 2.75) is 52.1 Å². The molecule has 0 aliphatic carbocycles. The van der Waals surface area contributed by atoms with Crippen molar-refractivity contribution >= 4 is 0 Å². The van der Waals surface area contributed by atoms with E-state index in [1.54, 1.807) is 0 Å². The molecule has 1 N–H and O–H groups in total. The molecule has 0 saturated carbocycles. The zero-order valence-electron chi connectivity index (χ0n) is 12.9. The molecular weight excluding hydrogens is 232 g/mol. The molecule has 1 saturated heterocycles. The van der Waals surface area contributed by atoms with Crippen molar-refractivity contribution in [3.8, 4) is 0 Å². The first kappa shape index (κ1) is 14.5. The molecule has 2 unspecified atom stereocenters. The van der Waals surface area contributed by atoms with Crippen molar-refractivity contribution in [3.63, 3.8) is 0 Å². The summed E-state index contributed by atoms with van der Waals surface area (Å²) in [6.45, 7) is 9.14.